The van der Waals surface area contributed by atoms with Crippen LogP contribution in [0.1, 0.15) is 47.1 Å². The first-order valence-electron chi connectivity index (χ1n) is 12.3. The third-order valence-corrected chi connectivity index (χ3v) is 8.73. The quantitative estimate of drug-likeness (QED) is 0.476. The van der Waals surface area contributed by atoms with Crippen LogP contribution in [0.2, 0.25) is 0 Å². The van der Waals surface area contributed by atoms with Crippen LogP contribution < -0.4 is 10.2 Å². The molecule has 4 atom stereocenters. The highest BCUT2D eigenvalue weighted by Gasteiger charge is 2.70. The van der Waals surface area contributed by atoms with E-state index in [2.05, 4.69) is 16.3 Å². The van der Waals surface area contributed by atoms with Crippen molar-refractivity contribution in [2.24, 2.45) is 11.3 Å². The summed E-state index contributed by atoms with van der Waals surface area (Å²) in [5.74, 6) is -1.30. The molecule has 4 heterocycles. The van der Waals surface area contributed by atoms with E-state index in [-0.39, 0.29) is 17.5 Å². The Kier molecular flexibility index (Phi) is 4.93. The number of para-hydroxylation sites is 1. The molecule has 2 aromatic carbocycles. The Balaban J connectivity index is 1.69. The topological polar surface area (TPSA) is 66.5 Å². The molecule has 6 rings (SSSR count). The van der Waals surface area contributed by atoms with E-state index in [9.17, 15) is 14.4 Å². The first-order chi connectivity index (χ1) is 17.2. The van der Waals surface area contributed by atoms with Gasteiger partial charge in [-0.2, -0.15) is 0 Å². The lowest BCUT2D eigenvalue weighted by Crippen LogP contribution is -2.51. The second kappa shape index (κ2) is 7.74. The summed E-state index contributed by atoms with van der Waals surface area (Å²) in [6, 6.07) is 16.1. The summed E-state index contributed by atoms with van der Waals surface area (Å²) in [7, 11) is 0. The lowest BCUT2D eigenvalue weighted by atomic mass is 9.64. The van der Waals surface area contributed by atoms with Crippen LogP contribution in [0.15, 0.2) is 66.1 Å². The van der Waals surface area contributed by atoms with Gasteiger partial charge in [-0.3, -0.25) is 14.4 Å². The molecule has 4 unspecified atom stereocenters. The standard InChI is InChI=1S/C30H28N2O3S/c1-17-11-13-21-18(16-17)12-14-23-30(19-8-5-6-9-20(19)31-28(30)35)24(26(33)22-10-7-15-36-22)25(32(21)23)27(34)29(2,3)4/h5-16,23-25H,1-4H3,(H,31,35). The highest BCUT2D eigenvalue weighted by molar-refractivity contribution is 7.12. The van der Waals surface area contributed by atoms with Gasteiger partial charge in [0.05, 0.1) is 16.8 Å². The number of hydrogen-bond donors (Lipinski definition) is 1. The maximum Gasteiger partial charge on any atom is 0.238 e. The SMILES string of the molecule is Cc1ccc2c(c1)C=CC1N2C(C(=O)C(C)(C)C)C(C(=O)c2cccs2)C12C(=O)Nc1ccccc12. The molecule has 3 aliphatic heterocycles. The van der Waals surface area contributed by atoms with E-state index in [1.165, 1.54) is 11.3 Å². The molecule has 1 aromatic heterocycles. The maximum atomic E-state index is 14.4. The molecule has 0 radical (unpaired) electrons. The van der Waals surface area contributed by atoms with Crippen molar-refractivity contribution in [2.75, 3.05) is 10.2 Å². The smallest absolute Gasteiger partial charge is 0.238 e. The van der Waals surface area contributed by atoms with E-state index in [1.54, 1.807) is 6.07 Å². The van der Waals surface area contributed by atoms with Crippen molar-refractivity contribution in [2.45, 2.75) is 45.2 Å². The molecule has 1 fully saturated rings. The van der Waals surface area contributed by atoms with Gasteiger partial charge < -0.3 is 10.2 Å². The molecule has 3 aromatic rings. The predicted molar refractivity (Wildman–Crippen MR) is 144 cm³/mol. The van der Waals surface area contributed by atoms with Crippen LogP contribution in [-0.2, 0) is 15.0 Å². The van der Waals surface area contributed by atoms with Crippen LogP contribution >= 0.6 is 11.3 Å². The van der Waals surface area contributed by atoms with Gasteiger partial charge in [0.2, 0.25) is 5.91 Å². The molecule has 6 heteroatoms. The summed E-state index contributed by atoms with van der Waals surface area (Å²) in [6.07, 6.45) is 4.06. The van der Waals surface area contributed by atoms with Gasteiger partial charge in [0.1, 0.15) is 11.5 Å². The monoisotopic (exact) mass is 496 g/mol. The summed E-state index contributed by atoms with van der Waals surface area (Å²) in [5, 5.41) is 4.93. The number of thiophene rings is 1. The van der Waals surface area contributed by atoms with E-state index in [1.807, 2.05) is 87.7 Å². The Morgan fingerprint density at radius 2 is 1.83 bits per heavy atom. The van der Waals surface area contributed by atoms with E-state index >= 15 is 0 Å². The van der Waals surface area contributed by atoms with Gasteiger partial charge in [0, 0.05) is 16.8 Å². The van der Waals surface area contributed by atoms with Gasteiger partial charge in [-0.1, -0.05) is 68.8 Å². The number of hydrogen-bond acceptors (Lipinski definition) is 5. The summed E-state index contributed by atoms with van der Waals surface area (Å²) in [5.41, 5.74) is 2.53. The molecule has 3 aliphatic rings. The Labute approximate surface area is 214 Å². The summed E-state index contributed by atoms with van der Waals surface area (Å²) < 4.78 is 0. The number of nitrogens with one attached hydrogen (secondary N) is 1. The normalized spacial score (nSPS) is 25.9. The van der Waals surface area contributed by atoms with Crippen molar-refractivity contribution < 1.29 is 14.4 Å². The number of rotatable bonds is 3. The van der Waals surface area contributed by atoms with Gasteiger partial charge in [0.15, 0.2) is 11.6 Å². The van der Waals surface area contributed by atoms with Crippen molar-refractivity contribution in [1.82, 2.24) is 0 Å². The van der Waals surface area contributed by atoms with Crippen LogP contribution in [0.4, 0.5) is 11.4 Å². The fourth-order valence-corrected chi connectivity index (χ4v) is 7.02. The number of carbonyl (C=O) groups excluding carboxylic acids is 3. The van der Waals surface area contributed by atoms with E-state index in [0.29, 0.717) is 10.6 Å². The number of ketones is 2. The number of amides is 1. The third kappa shape index (κ3) is 2.97. The van der Waals surface area contributed by atoms with E-state index in [0.717, 1.165) is 22.4 Å². The number of fused-ring (bicyclic) bond motifs is 6. The molecule has 182 valence electrons. The summed E-state index contributed by atoms with van der Waals surface area (Å²) in [6.45, 7) is 7.70. The van der Waals surface area contributed by atoms with Crippen molar-refractivity contribution >= 4 is 46.3 Å². The first-order valence-corrected chi connectivity index (χ1v) is 13.1. The largest absolute Gasteiger partial charge is 0.352 e. The van der Waals surface area contributed by atoms with E-state index in [4.69, 9.17) is 0 Å². The molecule has 36 heavy (non-hydrogen) atoms. The minimum Gasteiger partial charge on any atom is -0.352 e. The number of carbonyl (C=O) groups is 3. The zero-order valence-electron chi connectivity index (χ0n) is 20.7. The summed E-state index contributed by atoms with van der Waals surface area (Å²) in [4.78, 5) is 45.5. The third-order valence-electron chi connectivity index (χ3n) is 7.84. The van der Waals surface area contributed by atoms with E-state index < -0.39 is 28.8 Å². The molecule has 1 saturated heterocycles. The first kappa shape index (κ1) is 22.9. The number of nitrogens with zero attached hydrogens (tertiary/aromatic N) is 1. The van der Waals surface area contributed by atoms with Gasteiger partial charge in [0.25, 0.3) is 0 Å². The van der Waals surface area contributed by atoms with Gasteiger partial charge in [-0.25, -0.2) is 0 Å². The van der Waals surface area contributed by atoms with Crippen molar-refractivity contribution in [3.63, 3.8) is 0 Å². The molecular weight excluding hydrogens is 468 g/mol. The molecule has 0 bridgehead atoms. The molecule has 1 N–H and O–H groups in total. The Hall–Kier alpha value is -3.51. The zero-order valence-corrected chi connectivity index (χ0v) is 21.6. The molecule has 0 saturated carbocycles. The lowest BCUT2D eigenvalue weighted by Gasteiger charge is -2.38. The van der Waals surface area contributed by atoms with Crippen molar-refractivity contribution in [3.8, 4) is 0 Å². The van der Waals surface area contributed by atoms with Crippen molar-refractivity contribution in [1.29, 1.82) is 0 Å². The highest BCUT2D eigenvalue weighted by atomic mass is 32.1. The van der Waals surface area contributed by atoms with Gasteiger partial charge in [-0.15, -0.1) is 11.3 Å². The summed E-state index contributed by atoms with van der Waals surface area (Å²) >= 11 is 1.36. The van der Waals surface area contributed by atoms with Crippen LogP contribution in [-0.4, -0.2) is 29.6 Å². The fourth-order valence-electron chi connectivity index (χ4n) is 6.31. The minimum absolute atomic E-state index is 0.0433. The van der Waals surface area contributed by atoms with Crippen LogP contribution in [0.3, 0.4) is 0 Å². The number of Topliss-reactive ketones (excluding diaryl/α,β-unsaturated/α-hetero) is 2. The highest BCUT2D eigenvalue weighted by Crippen LogP contribution is 2.58. The number of benzene rings is 2. The minimum atomic E-state index is -1.23. The average molecular weight is 497 g/mol. The average Bonchev–Trinajstić information content (AvgIpc) is 3.54. The second-order valence-corrected chi connectivity index (χ2v) is 12.0. The number of anilines is 2. The Bertz CT molecular complexity index is 1450. The molecule has 5 nitrogen and oxygen atoms in total. The Morgan fingerprint density at radius 3 is 2.56 bits per heavy atom. The van der Waals surface area contributed by atoms with Crippen LogP contribution in [0, 0.1) is 18.3 Å². The molecule has 0 aliphatic carbocycles. The molecule has 1 amide bonds. The molecular formula is C30H28N2O3S. The van der Waals surface area contributed by atoms with Crippen LogP contribution in [0.25, 0.3) is 6.08 Å². The molecule has 1 spiro atoms. The van der Waals surface area contributed by atoms with Crippen molar-refractivity contribution in [3.05, 3.63) is 87.6 Å². The van der Waals surface area contributed by atoms with Crippen LogP contribution in [0.5, 0.6) is 0 Å². The van der Waals surface area contributed by atoms with Gasteiger partial charge in [-0.05, 0) is 47.7 Å². The lowest BCUT2D eigenvalue weighted by molar-refractivity contribution is -0.128. The predicted octanol–water partition coefficient (Wildman–Crippen LogP) is 5.64. The van der Waals surface area contributed by atoms with Gasteiger partial charge >= 0.3 is 0 Å². The Morgan fingerprint density at radius 1 is 1.06 bits per heavy atom. The second-order valence-electron chi connectivity index (χ2n) is 11.0. The zero-order chi connectivity index (χ0) is 25.4. The maximum absolute atomic E-state index is 14.4. The fraction of sp³-hybridized carbons (Fsp3) is 0.300. The number of aryl methyl sites for hydroxylation is 1.